The number of aldehydes is 1. The number of anilines is 3. The molecule has 2 N–H and O–H groups in total. The molecule has 0 spiro atoms. The average molecular weight is 417 g/mol. The third kappa shape index (κ3) is 3.43. The molecule has 2 bridgehead atoms. The Morgan fingerprint density at radius 1 is 1.42 bits per heavy atom. The van der Waals surface area contributed by atoms with E-state index in [4.69, 9.17) is 4.74 Å². The lowest BCUT2D eigenvalue weighted by atomic mass is 9.59. The molecule has 4 heterocycles. The summed E-state index contributed by atoms with van der Waals surface area (Å²) in [5.41, 5.74) is 1.03. The van der Waals surface area contributed by atoms with Crippen molar-refractivity contribution >= 4 is 29.6 Å². The topological polar surface area (TPSA) is 144 Å². The van der Waals surface area contributed by atoms with Crippen molar-refractivity contribution in [2.45, 2.75) is 24.3 Å². The number of pyridine rings is 2. The minimum absolute atomic E-state index is 0.187. The average Bonchev–Trinajstić information content (AvgIpc) is 2.77. The number of nitriles is 2. The number of amides is 2. The van der Waals surface area contributed by atoms with E-state index in [2.05, 4.69) is 32.7 Å². The number of rotatable bonds is 6. The van der Waals surface area contributed by atoms with Gasteiger partial charge in [0.05, 0.1) is 29.3 Å². The number of carbonyl (C=O) groups is 2. The monoisotopic (exact) mass is 417 g/mol. The Balaban J connectivity index is 1.61. The molecule has 0 saturated heterocycles. The van der Waals surface area contributed by atoms with Gasteiger partial charge in [-0.25, -0.2) is 14.8 Å². The molecule has 10 nitrogen and oxygen atoms in total. The molecule has 10 heteroatoms. The van der Waals surface area contributed by atoms with E-state index >= 15 is 0 Å². The molecule has 1 saturated carbocycles. The van der Waals surface area contributed by atoms with Crippen molar-refractivity contribution in [2.75, 3.05) is 35.8 Å². The number of ether oxygens (including phenoxy) is 1. The molecule has 0 aromatic carbocycles. The first-order chi connectivity index (χ1) is 15.0. The van der Waals surface area contributed by atoms with E-state index in [0.717, 1.165) is 0 Å². The molecule has 3 aliphatic rings. The number of hydrogen-bond acceptors (Lipinski definition) is 8. The molecule has 1 aliphatic carbocycles. The quantitative estimate of drug-likeness (QED) is 0.538. The first-order valence-corrected chi connectivity index (χ1v) is 9.66. The first-order valence-electron chi connectivity index (χ1n) is 9.66. The fraction of sp³-hybridized carbons (Fsp3) is 0.333. The standard InChI is InChI=1S/C21H19N7O3/c1-31-5-4-24-17-6-18(25-10-13(17)9-22)27-20(30)28-15-7-21(8-15,12-23)16-3-2-14(11-29)26-19(16)28/h2-3,6,10-11,15H,4-5,7-8H2,1H3,(H2,24,25,27,30). The van der Waals surface area contributed by atoms with Gasteiger partial charge in [0.1, 0.15) is 23.4 Å². The minimum Gasteiger partial charge on any atom is -0.383 e. The summed E-state index contributed by atoms with van der Waals surface area (Å²) in [4.78, 5) is 34.3. The maximum Gasteiger partial charge on any atom is 0.328 e. The lowest BCUT2D eigenvalue weighted by Crippen LogP contribution is -2.61. The van der Waals surface area contributed by atoms with E-state index < -0.39 is 11.4 Å². The van der Waals surface area contributed by atoms with Gasteiger partial charge in [0, 0.05) is 37.5 Å². The summed E-state index contributed by atoms with van der Waals surface area (Å²) in [7, 11) is 1.58. The summed E-state index contributed by atoms with van der Waals surface area (Å²) in [6.45, 7) is 0.936. The molecule has 31 heavy (non-hydrogen) atoms. The Morgan fingerprint density at radius 3 is 2.90 bits per heavy atom. The zero-order chi connectivity index (χ0) is 22.0. The van der Waals surface area contributed by atoms with E-state index in [-0.39, 0.29) is 17.6 Å². The van der Waals surface area contributed by atoms with Gasteiger partial charge in [-0.05, 0) is 18.9 Å². The lowest BCUT2D eigenvalue weighted by molar-refractivity contribution is 0.111. The summed E-state index contributed by atoms with van der Waals surface area (Å²) in [6, 6.07) is 8.57. The Morgan fingerprint density at radius 2 is 2.23 bits per heavy atom. The van der Waals surface area contributed by atoms with E-state index in [1.165, 1.54) is 11.1 Å². The molecule has 0 radical (unpaired) electrons. The molecular weight excluding hydrogens is 398 g/mol. The van der Waals surface area contributed by atoms with Gasteiger partial charge in [0.2, 0.25) is 0 Å². The number of hydrogen-bond donors (Lipinski definition) is 2. The van der Waals surface area contributed by atoms with Crippen molar-refractivity contribution < 1.29 is 14.3 Å². The predicted octanol–water partition coefficient (Wildman–Crippen LogP) is 2.19. The third-order valence-corrected chi connectivity index (χ3v) is 5.61. The molecule has 0 unspecified atom stereocenters. The summed E-state index contributed by atoms with van der Waals surface area (Å²) in [5.74, 6) is 0.576. The van der Waals surface area contributed by atoms with Gasteiger partial charge < -0.3 is 10.1 Å². The Hall–Kier alpha value is -4.02. The van der Waals surface area contributed by atoms with Crippen molar-refractivity contribution in [3.63, 3.8) is 0 Å². The van der Waals surface area contributed by atoms with Crippen LogP contribution < -0.4 is 15.5 Å². The molecule has 5 rings (SSSR count). The highest BCUT2D eigenvalue weighted by Crippen LogP contribution is 2.54. The van der Waals surface area contributed by atoms with Gasteiger partial charge in [0.25, 0.3) is 0 Å². The van der Waals surface area contributed by atoms with Crippen LogP contribution in [0.3, 0.4) is 0 Å². The van der Waals surface area contributed by atoms with Crippen molar-refractivity contribution in [2.24, 2.45) is 0 Å². The molecule has 2 aromatic heterocycles. The zero-order valence-corrected chi connectivity index (χ0v) is 16.8. The molecular formula is C21H19N7O3. The van der Waals surface area contributed by atoms with Crippen LogP contribution in [-0.2, 0) is 10.2 Å². The number of carbonyl (C=O) groups excluding carboxylic acids is 2. The second-order valence-corrected chi connectivity index (χ2v) is 7.43. The van der Waals surface area contributed by atoms with Crippen LogP contribution in [0.1, 0.15) is 34.5 Å². The fourth-order valence-corrected chi connectivity index (χ4v) is 4.04. The van der Waals surface area contributed by atoms with Crippen LogP contribution in [0.25, 0.3) is 0 Å². The highest BCUT2D eigenvalue weighted by Gasteiger charge is 2.56. The van der Waals surface area contributed by atoms with E-state index in [1.807, 2.05) is 0 Å². The SMILES string of the molecule is COCCNc1cc(NC(=O)N2c3nc(C=O)ccc3C3(C#N)CC2C3)ncc1C#N. The predicted molar refractivity (Wildman–Crippen MR) is 111 cm³/mol. The van der Waals surface area contributed by atoms with Crippen molar-refractivity contribution in [1.82, 2.24) is 9.97 Å². The summed E-state index contributed by atoms with van der Waals surface area (Å²) in [6.07, 6.45) is 3.00. The second kappa shape index (κ2) is 8.01. The lowest BCUT2D eigenvalue weighted by Gasteiger charge is -2.53. The second-order valence-electron chi connectivity index (χ2n) is 7.43. The number of nitrogens with one attached hydrogen (secondary N) is 2. The molecule has 156 valence electrons. The van der Waals surface area contributed by atoms with E-state index in [1.54, 1.807) is 25.3 Å². The van der Waals surface area contributed by atoms with Gasteiger partial charge in [-0.3, -0.25) is 15.0 Å². The van der Waals surface area contributed by atoms with Crippen molar-refractivity contribution in [1.29, 1.82) is 10.5 Å². The molecule has 2 amide bonds. The van der Waals surface area contributed by atoms with E-state index in [0.29, 0.717) is 54.9 Å². The maximum absolute atomic E-state index is 13.1. The minimum atomic E-state index is -0.670. The largest absolute Gasteiger partial charge is 0.383 e. The van der Waals surface area contributed by atoms with Crippen LogP contribution >= 0.6 is 0 Å². The molecule has 2 aliphatic heterocycles. The highest BCUT2D eigenvalue weighted by atomic mass is 16.5. The van der Waals surface area contributed by atoms with Crippen LogP contribution in [0.4, 0.5) is 22.1 Å². The molecule has 0 atom stereocenters. The van der Waals surface area contributed by atoms with Gasteiger partial charge in [-0.15, -0.1) is 0 Å². The molecule has 2 aromatic rings. The first kappa shape index (κ1) is 20.3. The Kier molecular flexibility index (Phi) is 5.24. The summed E-state index contributed by atoms with van der Waals surface area (Å²) < 4.78 is 5.00. The Bertz CT molecular complexity index is 1130. The summed E-state index contributed by atoms with van der Waals surface area (Å²) >= 11 is 0. The fourth-order valence-electron chi connectivity index (χ4n) is 4.04. The number of nitrogens with zero attached hydrogens (tertiary/aromatic N) is 5. The normalized spacial score (nSPS) is 20.5. The van der Waals surface area contributed by atoms with Gasteiger partial charge in [-0.1, -0.05) is 6.07 Å². The van der Waals surface area contributed by atoms with Crippen LogP contribution in [0.15, 0.2) is 24.4 Å². The van der Waals surface area contributed by atoms with Crippen molar-refractivity contribution in [3.05, 3.63) is 41.2 Å². The van der Waals surface area contributed by atoms with Gasteiger partial charge in [-0.2, -0.15) is 10.5 Å². The van der Waals surface area contributed by atoms with Crippen LogP contribution in [-0.4, -0.2) is 48.6 Å². The smallest absolute Gasteiger partial charge is 0.328 e. The number of aromatic nitrogens is 2. The number of methoxy groups -OCH3 is 1. The van der Waals surface area contributed by atoms with Gasteiger partial charge in [0.15, 0.2) is 6.29 Å². The van der Waals surface area contributed by atoms with Crippen LogP contribution in [0, 0.1) is 22.7 Å². The maximum atomic E-state index is 13.1. The van der Waals surface area contributed by atoms with Crippen molar-refractivity contribution in [3.8, 4) is 12.1 Å². The van der Waals surface area contributed by atoms with E-state index in [9.17, 15) is 20.1 Å². The number of urea groups is 1. The zero-order valence-electron chi connectivity index (χ0n) is 16.8. The van der Waals surface area contributed by atoms with Gasteiger partial charge >= 0.3 is 6.03 Å². The van der Waals surface area contributed by atoms with Crippen LogP contribution in [0.2, 0.25) is 0 Å². The third-order valence-electron chi connectivity index (χ3n) is 5.61. The Labute approximate surface area is 178 Å². The molecule has 1 fully saturated rings. The van der Waals surface area contributed by atoms with Crippen LogP contribution in [0.5, 0.6) is 0 Å². The highest BCUT2D eigenvalue weighted by molar-refractivity contribution is 6.03. The summed E-state index contributed by atoms with van der Waals surface area (Å²) in [5, 5.41) is 24.8.